The fourth-order valence-electron chi connectivity index (χ4n) is 1.55. The zero-order chi connectivity index (χ0) is 11.0. The Morgan fingerprint density at radius 3 is 2.81 bits per heavy atom. The lowest BCUT2D eigenvalue weighted by atomic mass is 10.2. The average Bonchev–Trinajstić information content (AvgIpc) is 2.23. The van der Waals surface area contributed by atoms with Gasteiger partial charge in [0.25, 0.3) is 0 Å². The van der Waals surface area contributed by atoms with E-state index in [1.54, 1.807) is 0 Å². The largest absolute Gasteiger partial charge is 0.469 e. The van der Waals surface area contributed by atoms with E-state index in [0.717, 1.165) is 10.9 Å². The van der Waals surface area contributed by atoms with Crippen LogP contribution in [0, 0.1) is 0 Å². The van der Waals surface area contributed by atoms with Crippen LogP contribution in [-0.2, 0) is 4.74 Å². The summed E-state index contributed by atoms with van der Waals surface area (Å²) in [5, 5.41) is 1.08. The number of hydrogen-bond acceptors (Lipinski definition) is 4. The van der Waals surface area contributed by atoms with Crippen molar-refractivity contribution in [2.24, 2.45) is 0 Å². The molecule has 0 aliphatic carbocycles. The van der Waals surface area contributed by atoms with E-state index in [1.165, 1.54) is 0 Å². The summed E-state index contributed by atoms with van der Waals surface area (Å²) in [5.41, 5.74) is 0.790. The predicted octanol–water partition coefficient (Wildman–Crippen LogP) is 2.06. The molecule has 16 heavy (non-hydrogen) atoms. The molecule has 1 aromatic heterocycles. The number of hydrogen-bond donors (Lipinski definition) is 0. The van der Waals surface area contributed by atoms with Gasteiger partial charge in [-0.25, -0.2) is 4.98 Å². The van der Waals surface area contributed by atoms with Crippen molar-refractivity contribution in [3.8, 4) is 5.88 Å². The summed E-state index contributed by atoms with van der Waals surface area (Å²) in [7, 11) is 0. The van der Waals surface area contributed by atoms with Crippen molar-refractivity contribution in [3.63, 3.8) is 0 Å². The number of nitrogens with zero attached hydrogens (tertiary/aromatic N) is 2. The van der Waals surface area contributed by atoms with E-state index in [0.29, 0.717) is 19.1 Å². The number of fused-ring (bicyclic) bond motifs is 1. The second kappa shape index (κ2) is 3.88. The molecule has 2 aromatic rings. The summed E-state index contributed by atoms with van der Waals surface area (Å²) in [6, 6.07) is 7.62. The highest BCUT2D eigenvalue weighted by Crippen LogP contribution is 2.25. The Morgan fingerprint density at radius 1 is 1.25 bits per heavy atom. The minimum absolute atomic E-state index is 0.0781. The minimum Gasteiger partial charge on any atom is -0.469 e. The Balaban J connectivity index is 2.06. The van der Waals surface area contributed by atoms with Crippen molar-refractivity contribution in [2.45, 2.75) is 6.10 Å². The molecule has 0 atom stereocenters. The first kappa shape index (κ1) is 9.81. The molecule has 1 aliphatic rings. The first-order chi connectivity index (χ1) is 7.83. The molecule has 0 N–H and O–H groups in total. The monoisotopic (exact) mass is 236 g/mol. The van der Waals surface area contributed by atoms with Gasteiger partial charge in [-0.3, -0.25) is 0 Å². The summed E-state index contributed by atoms with van der Waals surface area (Å²) in [6.45, 7) is 1.21. The van der Waals surface area contributed by atoms with Crippen molar-refractivity contribution in [1.29, 1.82) is 0 Å². The summed E-state index contributed by atoms with van der Waals surface area (Å²) in [6.07, 6.45) is 0.0781. The maximum atomic E-state index is 5.84. The molecule has 3 rings (SSSR count). The van der Waals surface area contributed by atoms with Crippen LogP contribution in [0.5, 0.6) is 5.88 Å². The van der Waals surface area contributed by atoms with Crippen LogP contribution in [0.25, 0.3) is 10.9 Å². The molecular weight excluding hydrogens is 228 g/mol. The number of halogens is 1. The third-order valence-corrected chi connectivity index (χ3v) is 2.60. The maximum absolute atomic E-state index is 5.84. The van der Waals surface area contributed by atoms with E-state index in [4.69, 9.17) is 21.1 Å². The number of rotatable bonds is 2. The van der Waals surface area contributed by atoms with Crippen molar-refractivity contribution in [2.75, 3.05) is 13.2 Å². The minimum atomic E-state index is 0.0781. The van der Waals surface area contributed by atoms with Crippen LogP contribution in [0.2, 0.25) is 5.28 Å². The smallest absolute Gasteiger partial charge is 0.226 e. The number of ether oxygens (including phenoxy) is 2. The van der Waals surface area contributed by atoms with Crippen LogP contribution in [0.4, 0.5) is 0 Å². The van der Waals surface area contributed by atoms with Gasteiger partial charge in [-0.1, -0.05) is 12.1 Å². The van der Waals surface area contributed by atoms with E-state index in [-0.39, 0.29) is 11.4 Å². The molecule has 2 heterocycles. The topological polar surface area (TPSA) is 44.2 Å². The van der Waals surface area contributed by atoms with E-state index < -0.39 is 0 Å². The van der Waals surface area contributed by atoms with Crippen molar-refractivity contribution >= 4 is 22.5 Å². The van der Waals surface area contributed by atoms with Crippen LogP contribution < -0.4 is 4.74 Å². The summed E-state index contributed by atoms with van der Waals surface area (Å²) in [4.78, 5) is 8.23. The Morgan fingerprint density at radius 2 is 2.06 bits per heavy atom. The molecule has 0 radical (unpaired) electrons. The molecule has 1 fully saturated rings. The highest BCUT2D eigenvalue weighted by molar-refractivity contribution is 6.28. The van der Waals surface area contributed by atoms with Gasteiger partial charge in [0.15, 0.2) is 0 Å². The second-order valence-corrected chi connectivity index (χ2v) is 3.93. The third kappa shape index (κ3) is 1.70. The normalized spacial score (nSPS) is 16.1. The summed E-state index contributed by atoms with van der Waals surface area (Å²) >= 11 is 5.84. The third-order valence-electron chi connectivity index (χ3n) is 2.43. The first-order valence-corrected chi connectivity index (χ1v) is 5.37. The molecule has 0 amide bonds. The zero-order valence-electron chi connectivity index (χ0n) is 8.39. The molecular formula is C11H9ClN2O2. The fraction of sp³-hybridized carbons (Fsp3) is 0.273. The van der Waals surface area contributed by atoms with Crippen molar-refractivity contribution < 1.29 is 9.47 Å². The molecule has 5 heteroatoms. The number of benzene rings is 1. The molecule has 0 unspecified atom stereocenters. The van der Waals surface area contributed by atoms with Crippen molar-refractivity contribution in [1.82, 2.24) is 9.97 Å². The molecule has 1 aromatic carbocycles. The van der Waals surface area contributed by atoms with Gasteiger partial charge >= 0.3 is 0 Å². The zero-order valence-corrected chi connectivity index (χ0v) is 9.15. The van der Waals surface area contributed by atoms with E-state index in [1.807, 2.05) is 24.3 Å². The van der Waals surface area contributed by atoms with Crippen LogP contribution in [0.1, 0.15) is 0 Å². The highest BCUT2D eigenvalue weighted by Gasteiger charge is 2.22. The standard InChI is InChI=1S/C11H9ClN2O2/c12-11-13-9-4-2-1-3-8(9)10(14-11)16-7-5-15-6-7/h1-4,7H,5-6H2. The Hall–Kier alpha value is -1.39. The number of aromatic nitrogens is 2. The maximum Gasteiger partial charge on any atom is 0.226 e. The van der Waals surface area contributed by atoms with Gasteiger partial charge in [0.2, 0.25) is 11.2 Å². The molecule has 1 saturated heterocycles. The average molecular weight is 237 g/mol. The van der Waals surface area contributed by atoms with Gasteiger partial charge in [-0.05, 0) is 23.7 Å². The molecule has 1 aliphatic heterocycles. The molecule has 0 bridgehead atoms. The molecule has 0 spiro atoms. The molecule has 0 saturated carbocycles. The van der Waals surface area contributed by atoms with Gasteiger partial charge < -0.3 is 9.47 Å². The lowest BCUT2D eigenvalue weighted by Crippen LogP contribution is -2.38. The second-order valence-electron chi connectivity index (χ2n) is 3.59. The van der Waals surface area contributed by atoms with Gasteiger partial charge in [0.05, 0.1) is 24.1 Å². The van der Waals surface area contributed by atoms with Gasteiger partial charge in [0.1, 0.15) is 6.10 Å². The highest BCUT2D eigenvalue weighted by atomic mass is 35.5. The predicted molar refractivity (Wildman–Crippen MR) is 59.8 cm³/mol. The SMILES string of the molecule is Clc1nc(OC2COC2)c2ccccc2n1. The molecule has 4 nitrogen and oxygen atoms in total. The van der Waals surface area contributed by atoms with Crippen LogP contribution in [-0.4, -0.2) is 29.3 Å². The van der Waals surface area contributed by atoms with E-state index in [9.17, 15) is 0 Å². The lowest BCUT2D eigenvalue weighted by Gasteiger charge is -2.26. The van der Waals surface area contributed by atoms with Gasteiger partial charge in [0, 0.05) is 0 Å². The lowest BCUT2D eigenvalue weighted by molar-refractivity contribution is -0.0807. The van der Waals surface area contributed by atoms with Crippen LogP contribution in [0.15, 0.2) is 24.3 Å². The van der Waals surface area contributed by atoms with Crippen LogP contribution in [0.3, 0.4) is 0 Å². The van der Waals surface area contributed by atoms with Crippen molar-refractivity contribution in [3.05, 3.63) is 29.5 Å². The Kier molecular flexibility index (Phi) is 2.38. The number of para-hydroxylation sites is 1. The van der Waals surface area contributed by atoms with E-state index >= 15 is 0 Å². The van der Waals surface area contributed by atoms with Gasteiger partial charge in [-0.2, -0.15) is 4.98 Å². The van der Waals surface area contributed by atoms with E-state index in [2.05, 4.69) is 9.97 Å². The summed E-state index contributed by atoms with van der Waals surface area (Å²) < 4.78 is 10.7. The van der Waals surface area contributed by atoms with Crippen LogP contribution >= 0.6 is 11.6 Å². The first-order valence-electron chi connectivity index (χ1n) is 4.99. The Labute approximate surface area is 97.2 Å². The van der Waals surface area contributed by atoms with Gasteiger partial charge in [-0.15, -0.1) is 0 Å². The molecule has 82 valence electrons. The quantitative estimate of drug-likeness (QED) is 0.749. The Bertz CT molecular complexity index is 528. The fourth-order valence-corrected chi connectivity index (χ4v) is 1.72. The summed E-state index contributed by atoms with van der Waals surface area (Å²) in [5.74, 6) is 0.531.